The Kier molecular flexibility index (Phi) is 4.93. The van der Waals surface area contributed by atoms with Crippen molar-refractivity contribution in [3.05, 3.63) is 65.2 Å². The van der Waals surface area contributed by atoms with Crippen molar-refractivity contribution in [3.63, 3.8) is 0 Å². The highest BCUT2D eigenvalue weighted by Gasteiger charge is 2.30. The van der Waals surface area contributed by atoms with Crippen molar-refractivity contribution in [3.8, 4) is 0 Å². The molecule has 1 unspecified atom stereocenters. The van der Waals surface area contributed by atoms with Crippen LogP contribution in [0.15, 0.2) is 48.5 Å². The largest absolute Gasteiger partial charge is 0.416 e. The Balaban J connectivity index is 2.04. The summed E-state index contributed by atoms with van der Waals surface area (Å²) in [7, 11) is 0. The number of carbonyl (C=O) groups excluding carboxylic acids is 1. The zero-order valence-corrected chi connectivity index (χ0v) is 12.7. The molecule has 0 spiro atoms. The van der Waals surface area contributed by atoms with Crippen LogP contribution in [0.1, 0.15) is 29.7 Å². The lowest BCUT2D eigenvalue weighted by Gasteiger charge is -2.17. The molecule has 1 atom stereocenters. The molecule has 0 saturated heterocycles. The van der Waals surface area contributed by atoms with E-state index in [1.165, 1.54) is 6.07 Å². The van der Waals surface area contributed by atoms with Crippen molar-refractivity contribution < 1.29 is 18.0 Å². The van der Waals surface area contributed by atoms with Crippen molar-refractivity contribution in [2.24, 2.45) is 0 Å². The molecule has 6 heteroatoms. The first kappa shape index (κ1) is 16.9. The number of hydrogen-bond acceptors (Lipinski definition) is 1. The second-order valence-corrected chi connectivity index (χ2v) is 5.31. The van der Waals surface area contributed by atoms with Gasteiger partial charge in [0.2, 0.25) is 0 Å². The van der Waals surface area contributed by atoms with Gasteiger partial charge in [0.05, 0.1) is 11.6 Å². The molecular weight excluding hydrogens is 305 g/mol. The van der Waals surface area contributed by atoms with Gasteiger partial charge in [-0.15, -0.1) is 0 Å². The Morgan fingerprint density at radius 1 is 1.09 bits per heavy atom. The van der Waals surface area contributed by atoms with Crippen LogP contribution < -0.4 is 10.6 Å². The molecule has 0 heterocycles. The van der Waals surface area contributed by atoms with Gasteiger partial charge in [-0.3, -0.25) is 0 Å². The van der Waals surface area contributed by atoms with E-state index in [0.717, 1.165) is 17.7 Å². The van der Waals surface area contributed by atoms with Gasteiger partial charge < -0.3 is 10.6 Å². The Morgan fingerprint density at radius 2 is 1.78 bits per heavy atom. The summed E-state index contributed by atoms with van der Waals surface area (Å²) >= 11 is 0. The second kappa shape index (κ2) is 6.73. The molecule has 0 bridgehead atoms. The van der Waals surface area contributed by atoms with Gasteiger partial charge in [-0.25, -0.2) is 4.79 Å². The number of rotatable bonds is 3. The molecule has 0 aromatic heterocycles. The van der Waals surface area contributed by atoms with Gasteiger partial charge >= 0.3 is 12.2 Å². The number of alkyl halides is 3. The topological polar surface area (TPSA) is 41.1 Å². The predicted octanol–water partition coefficient (Wildman–Crippen LogP) is 4.90. The summed E-state index contributed by atoms with van der Waals surface area (Å²) in [6, 6.07) is 11.1. The smallest absolute Gasteiger partial charge is 0.331 e. The molecule has 2 aromatic rings. The molecule has 2 rings (SSSR count). The third-order valence-electron chi connectivity index (χ3n) is 3.34. The summed E-state index contributed by atoms with van der Waals surface area (Å²) in [6.07, 6.45) is -4.40. The van der Waals surface area contributed by atoms with E-state index >= 15 is 0 Å². The van der Waals surface area contributed by atoms with Crippen LogP contribution in [0.25, 0.3) is 0 Å². The lowest BCUT2D eigenvalue weighted by atomic mass is 10.1. The number of anilines is 1. The third-order valence-corrected chi connectivity index (χ3v) is 3.34. The van der Waals surface area contributed by atoms with E-state index in [1.54, 1.807) is 31.2 Å². The monoisotopic (exact) mass is 322 g/mol. The number of hydrogen-bond donors (Lipinski definition) is 2. The zero-order valence-electron chi connectivity index (χ0n) is 12.7. The average molecular weight is 322 g/mol. The molecule has 23 heavy (non-hydrogen) atoms. The normalized spacial score (nSPS) is 12.6. The van der Waals surface area contributed by atoms with Crippen molar-refractivity contribution in [2.75, 3.05) is 5.32 Å². The summed E-state index contributed by atoms with van der Waals surface area (Å²) in [4.78, 5) is 11.9. The van der Waals surface area contributed by atoms with Crippen LogP contribution in [-0.2, 0) is 6.18 Å². The first-order chi connectivity index (χ1) is 10.8. The molecule has 2 N–H and O–H groups in total. The summed E-state index contributed by atoms with van der Waals surface area (Å²) in [5.74, 6) is 0. The number of nitrogens with one attached hydrogen (secondary N) is 2. The van der Waals surface area contributed by atoms with E-state index in [-0.39, 0.29) is 0 Å². The first-order valence-electron chi connectivity index (χ1n) is 7.07. The predicted molar refractivity (Wildman–Crippen MR) is 83.2 cm³/mol. The fourth-order valence-electron chi connectivity index (χ4n) is 2.15. The highest BCUT2D eigenvalue weighted by atomic mass is 19.4. The molecule has 3 nitrogen and oxygen atoms in total. The van der Waals surface area contributed by atoms with Crippen LogP contribution in [0, 0.1) is 6.92 Å². The second-order valence-electron chi connectivity index (χ2n) is 5.31. The van der Waals surface area contributed by atoms with Crippen LogP contribution in [0.5, 0.6) is 0 Å². The summed E-state index contributed by atoms with van der Waals surface area (Å²) < 4.78 is 38.2. The van der Waals surface area contributed by atoms with E-state index in [9.17, 15) is 18.0 Å². The van der Waals surface area contributed by atoms with Gasteiger partial charge in [0.1, 0.15) is 0 Å². The van der Waals surface area contributed by atoms with Gasteiger partial charge in [-0.1, -0.05) is 24.3 Å². The minimum absolute atomic E-state index is 0.388. The number of amides is 2. The van der Waals surface area contributed by atoms with Crippen molar-refractivity contribution in [1.82, 2.24) is 5.32 Å². The maximum Gasteiger partial charge on any atom is 0.416 e. The molecule has 2 amide bonds. The lowest BCUT2D eigenvalue weighted by Crippen LogP contribution is -2.31. The van der Waals surface area contributed by atoms with Crippen LogP contribution in [0.2, 0.25) is 0 Å². The number of benzene rings is 2. The number of carbonyl (C=O) groups is 1. The van der Waals surface area contributed by atoms with Crippen LogP contribution in [0.3, 0.4) is 0 Å². The van der Waals surface area contributed by atoms with Crippen LogP contribution >= 0.6 is 0 Å². The summed E-state index contributed by atoms with van der Waals surface area (Å²) in [5, 5.41) is 5.28. The molecule has 0 aliphatic heterocycles. The van der Waals surface area contributed by atoms with Gasteiger partial charge in [-0.05, 0) is 49.2 Å². The number of halogens is 3. The molecule has 0 fully saturated rings. The molecule has 122 valence electrons. The minimum Gasteiger partial charge on any atom is -0.331 e. The summed E-state index contributed by atoms with van der Waals surface area (Å²) in [5.41, 5.74) is 1.27. The van der Waals surface area contributed by atoms with Crippen molar-refractivity contribution in [2.45, 2.75) is 26.1 Å². The average Bonchev–Trinajstić information content (AvgIpc) is 2.46. The van der Waals surface area contributed by atoms with E-state index in [4.69, 9.17) is 0 Å². The van der Waals surface area contributed by atoms with Gasteiger partial charge in [-0.2, -0.15) is 13.2 Å². The molecule has 0 aliphatic carbocycles. The molecule has 0 radical (unpaired) electrons. The van der Waals surface area contributed by atoms with E-state index in [2.05, 4.69) is 10.6 Å². The molecule has 2 aromatic carbocycles. The maximum atomic E-state index is 12.7. The van der Waals surface area contributed by atoms with Crippen LogP contribution in [-0.4, -0.2) is 6.03 Å². The van der Waals surface area contributed by atoms with Gasteiger partial charge in [0.15, 0.2) is 0 Å². The van der Waals surface area contributed by atoms with E-state index in [1.807, 2.05) is 13.0 Å². The number of urea groups is 1. The Bertz CT molecular complexity index is 698. The highest BCUT2D eigenvalue weighted by Crippen LogP contribution is 2.30. The third kappa shape index (κ3) is 4.74. The van der Waals surface area contributed by atoms with Gasteiger partial charge in [0.25, 0.3) is 0 Å². The van der Waals surface area contributed by atoms with Gasteiger partial charge in [0, 0.05) is 5.69 Å². The quantitative estimate of drug-likeness (QED) is 0.829. The standard InChI is InChI=1S/C17H17F3N2O/c1-11-5-3-8-15(9-11)22-16(23)21-12(2)13-6-4-7-14(10-13)17(18,19)20/h3-10,12H,1-2H3,(H2,21,22,23). The highest BCUT2D eigenvalue weighted by molar-refractivity contribution is 5.89. The minimum atomic E-state index is -4.40. The van der Waals surface area contributed by atoms with Crippen molar-refractivity contribution >= 4 is 11.7 Å². The molecular formula is C17H17F3N2O. The Hall–Kier alpha value is -2.50. The zero-order chi connectivity index (χ0) is 17.0. The maximum absolute atomic E-state index is 12.7. The summed E-state index contributed by atoms with van der Waals surface area (Å²) in [6.45, 7) is 3.53. The Labute approximate surface area is 132 Å². The first-order valence-corrected chi connectivity index (χ1v) is 7.07. The lowest BCUT2D eigenvalue weighted by molar-refractivity contribution is -0.137. The fraction of sp³-hybridized carbons (Fsp3) is 0.235. The molecule has 0 saturated carbocycles. The number of aryl methyl sites for hydroxylation is 1. The van der Waals surface area contributed by atoms with E-state index < -0.39 is 23.8 Å². The Morgan fingerprint density at radius 3 is 2.43 bits per heavy atom. The van der Waals surface area contributed by atoms with Crippen molar-refractivity contribution in [1.29, 1.82) is 0 Å². The SMILES string of the molecule is Cc1cccc(NC(=O)NC(C)c2cccc(C(F)(F)F)c2)c1. The fourth-order valence-corrected chi connectivity index (χ4v) is 2.15. The molecule has 0 aliphatic rings. The van der Waals surface area contributed by atoms with Crippen LogP contribution in [0.4, 0.5) is 23.7 Å². The van der Waals surface area contributed by atoms with E-state index in [0.29, 0.717) is 11.3 Å².